The molecule has 1 rings (SSSR count). The number of nitrogens with one attached hydrogen (secondary N) is 1. The fraction of sp³-hybridized carbons (Fsp3) is 0.611. The first-order chi connectivity index (χ1) is 12.2. The van der Waals surface area contributed by atoms with Crippen LogP contribution >= 0.6 is 24.0 Å². The first-order valence-electron chi connectivity index (χ1n) is 8.49. The molecule has 0 atom stereocenters. The first kappa shape index (κ1) is 27.0. The molecule has 0 saturated carbocycles. The van der Waals surface area contributed by atoms with Crippen molar-refractivity contribution in [2.45, 2.75) is 33.0 Å². The van der Waals surface area contributed by atoms with E-state index < -0.39 is 21.6 Å². The molecule has 162 valence electrons. The topological polar surface area (TPSA) is 61.8 Å². The molecule has 1 N–H and O–H groups in total. The molecule has 28 heavy (non-hydrogen) atoms. The molecule has 0 spiro atoms. The van der Waals surface area contributed by atoms with Crippen molar-refractivity contribution in [1.29, 1.82) is 0 Å². The lowest BCUT2D eigenvalue weighted by Crippen LogP contribution is -2.43. The smallest absolute Gasteiger partial charge is 0.356 e. The highest BCUT2D eigenvalue weighted by Crippen LogP contribution is 2.29. The van der Waals surface area contributed by atoms with Crippen LogP contribution in [0.3, 0.4) is 0 Å². The van der Waals surface area contributed by atoms with E-state index in [9.17, 15) is 21.6 Å². The van der Waals surface area contributed by atoms with Gasteiger partial charge in [0.25, 0.3) is 0 Å². The number of alkyl halides is 3. The summed E-state index contributed by atoms with van der Waals surface area (Å²) in [6, 6.07) is 5.02. The Hall–Kier alpha value is -1.04. The molecule has 0 saturated heterocycles. The minimum atomic E-state index is -4.35. The first-order valence-corrected chi connectivity index (χ1v) is 10.6. The fourth-order valence-corrected chi connectivity index (χ4v) is 3.32. The van der Waals surface area contributed by atoms with Crippen LogP contribution in [0.4, 0.5) is 13.2 Å². The van der Waals surface area contributed by atoms with Crippen LogP contribution in [0.2, 0.25) is 0 Å². The molecule has 5 nitrogen and oxygen atoms in total. The van der Waals surface area contributed by atoms with Crippen LogP contribution in [0.1, 0.15) is 31.4 Å². The van der Waals surface area contributed by atoms with Crippen molar-refractivity contribution in [2.75, 3.05) is 32.6 Å². The normalized spacial score (nSPS) is 13.1. The van der Waals surface area contributed by atoms with E-state index in [1.54, 1.807) is 19.0 Å². The minimum Gasteiger partial charge on any atom is -0.356 e. The van der Waals surface area contributed by atoms with Crippen LogP contribution in [-0.4, -0.2) is 51.9 Å². The summed E-state index contributed by atoms with van der Waals surface area (Å²) in [5.74, 6) is 0.698. The number of guanidine groups is 1. The Bertz CT molecular complexity index is 748. The average molecular weight is 535 g/mol. The standard InChI is InChI=1S/C18H28F3N3O2S.HI/c1-17(2,10-11-27(5,25)26)13-23-16(22-3)24(4)12-14-6-8-15(9-7-14)18(19,20)21;/h6-9H,10-13H2,1-5H3,(H,22,23);1H. The SMILES string of the molecule is CN=C(NCC(C)(C)CCS(C)(=O)=O)N(C)Cc1ccc(C(F)(F)F)cc1.I. The molecular formula is C18H29F3IN3O2S. The van der Waals surface area contributed by atoms with E-state index in [1.165, 1.54) is 18.4 Å². The molecule has 0 aliphatic carbocycles. The van der Waals surface area contributed by atoms with Crippen molar-refractivity contribution in [1.82, 2.24) is 10.2 Å². The highest BCUT2D eigenvalue weighted by molar-refractivity contribution is 14.0. The van der Waals surface area contributed by atoms with E-state index in [4.69, 9.17) is 0 Å². The maximum Gasteiger partial charge on any atom is 0.416 e. The second-order valence-corrected chi connectivity index (χ2v) is 9.76. The van der Waals surface area contributed by atoms with Gasteiger partial charge in [0.05, 0.1) is 11.3 Å². The predicted octanol–water partition coefficient (Wildman–Crippen LogP) is 3.79. The van der Waals surface area contributed by atoms with Gasteiger partial charge in [0, 0.05) is 33.4 Å². The second-order valence-electron chi connectivity index (χ2n) is 7.50. The molecule has 0 radical (unpaired) electrons. The molecule has 0 fully saturated rings. The van der Waals surface area contributed by atoms with Gasteiger partial charge in [0.2, 0.25) is 0 Å². The zero-order valence-electron chi connectivity index (χ0n) is 16.8. The third-order valence-electron chi connectivity index (χ3n) is 4.15. The highest BCUT2D eigenvalue weighted by atomic mass is 127. The predicted molar refractivity (Wildman–Crippen MR) is 118 cm³/mol. The van der Waals surface area contributed by atoms with Crippen molar-refractivity contribution in [2.24, 2.45) is 10.4 Å². The number of sulfone groups is 1. The zero-order valence-corrected chi connectivity index (χ0v) is 19.9. The number of hydrogen-bond acceptors (Lipinski definition) is 3. The summed E-state index contributed by atoms with van der Waals surface area (Å²) in [5, 5.41) is 3.20. The largest absolute Gasteiger partial charge is 0.416 e. The summed E-state index contributed by atoms with van der Waals surface area (Å²) in [7, 11) is 0.387. The molecular weight excluding hydrogens is 506 g/mol. The van der Waals surface area contributed by atoms with E-state index in [-0.39, 0.29) is 35.1 Å². The molecule has 0 bridgehead atoms. The van der Waals surface area contributed by atoms with E-state index in [2.05, 4.69) is 10.3 Å². The van der Waals surface area contributed by atoms with Gasteiger partial charge in [0.15, 0.2) is 5.96 Å². The summed E-state index contributed by atoms with van der Waals surface area (Å²) >= 11 is 0. The van der Waals surface area contributed by atoms with Crippen LogP contribution in [0.5, 0.6) is 0 Å². The van der Waals surface area contributed by atoms with Gasteiger partial charge in [-0.25, -0.2) is 8.42 Å². The minimum absolute atomic E-state index is 0. The van der Waals surface area contributed by atoms with Crippen LogP contribution in [0.15, 0.2) is 29.3 Å². The molecule has 0 aliphatic heterocycles. The molecule has 1 aromatic rings. The summed E-state index contributed by atoms with van der Waals surface area (Å²) in [6.45, 7) is 4.84. The maximum absolute atomic E-state index is 12.6. The monoisotopic (exact) mass is 535 g/mol. The van der Waals surface area contributed by atoms with Crippen molar-refractivity contribution in [3.8, 4) is 0 Å². The Labute approximate surface area is 182 Å². The summed E-state index contributed by atoms with van der Waals surface area (Å²) in [6.07, 6.45) is -2.62. The van der Waals surface area contributed by atoms with Crippen molar-refractivity contribution in [3.05, 3.63) is 35.4 Å². The average Bonchev–Trinajstić information content (AvgIpc) is 2.52. The number of halogens is 4. The Morgan fingerprint density at radius 3 is 2.14 bits per heavy atom. The third kappa shape index (κ3) is 9.94. The lowest BCUT2D eigenvalue weighted by atomic mass is 9.90. The van der Waals surface area contributed by atoms with Crippen LogP contribution < -0.4 is 5.32 Å². The van der Waals surface area contributed by atoms with Gasteiger partial charge >= 0.3 is 6.18 Å². The number of aliphatic imine (C=N–C) groups is 1. The second kappa shape index (κ2) is 10.7. The highest BCUT2D eigenvalue weighted by Gasteiger charge is 2.30. The Kier molecular flexibility index (Phi) is 10.3. The van der Waals surface area contributed by atoms with Gasteiger partial charge in [-0.15, -0.1) is 24.0 Å². The summed E-state index contributed by atoms with van der Waals surface area (Å²) in [5.41, 5.74) is -0.206. The number of nitrogens with zero attached hydrogens (tertiary/aromatic N) is 2. The van der Waals surface area contributed by atoms with Gasteiger partial charge in [-0.1, -0.05) is 26.0 Å². The van der Waals surface area contributed by atoms with Crippen LogP contribution in [-0.2, 0) is 22.6 Å². The molecule has 0 heterocycles. The number of rotatable bonds is 7. The van der Waals surface area contributed by atoms with Crippen LogP contribution in [0.25, 0.3) is 0 Å². The quantitative estimate of drug-likeness (QED) is 0.328. The lowest BCUT2D eigenvalue weighted by molar-refractivity contribution is -0.137. The van der Waals surface area contributed by atoms with Gasteiger partial charge < -0.3 is 10.2 Å². The molecule has 0 amide bonds. The molecule has 0 aliphatic rings. The van der Waals surface area contributed by atoms with Crippen molar-refractivity contribution in [3.63, 3.8) is 0 Å². The van der Waals surface area contributed by atoms with E-state index in [0.717, 1.165) is 17.7 Å². The fourth-order valence-electron chi connectivity index (χ4n) is 2.40. The Morgan fingerprint density at radius 1 is 1.18 bits per heavy atom. The van der Waals surface area contributed by atoms with E-state index >= 15 is 0 Å². The molecule has 0 unspecified atom stereocenters. The molecule has 0 aromatic heterocycles. The van der Waals surface area contributed by atoms with Gasteiger partial charge in [-0.3, -0.25) is 4.99 Å². The van der Waals surface area contributed by atoms with Gasteiger partial charge in [0.1, 0.15) is 9.84 Å². The third-order valence-corrected chi connectivity index (χ3v) is 5.09. The molecule has 1 aromatic carbocycles. The summed E-state index contributed by atoms with van der Waals surface area (Å²) < 4.78 is 60.6. The van der Waals surface area contributed by atoms with E-state index in [0.29, 0.717) is 25.5 Å². The molecule has 10 heteroatoms. The Balaban J connectivity index is 0.00000729. The van der Waals surface area contributed by atoms with Crippen LogP contribution in [0, 0.1) is 5.41 Å². The maximum atomic E-state index is 12.6. The Morgan fingerprint density at radius 2 is 1.71 bits per heavy atom. The van der Waals surface area contributed by atoms with Gasteiger partial charge in [-0.05, 0) is 29.5 Å². The van der Waals surface area contributed by atoms with Gasteiger partial charge in [-0.2, -0.15) is 13.2 Å². The number of benzene rings is 1. The summed E-state index contributed by atoms with van der Waals surface area (Å²) in [4.78, 5) is 5.99. The zero-order chi connectivity index (χ0) is 20.9. The van der Waals surface area contributed by atoms with Crippen molar-refractivity contribution < 1.29 is 21.6 Å². The lowest BCUT2D eigenvalue weighted by Gasteiger charge is -2.29. The van der Waals surface area contributed by atoms with Crippen molar-refractivity contribution >= 4 is 39.8 Å². The van der Waals surface area contributed by atoms with E-state index in [1.807, 2.05) is 13.8 Å². The number of hydrogen-bond donors (Lipinski definition) is 1.